The third-order valence-electron chi connectivity index (χ3n) is 2.68. The second kappa shape index (κ2) is 4.38. The fourth-order valence-corrected chi connectivity index (χ4v) is 2.28. The number of hydrogen-bond acceptors (Lipinski definition) is 4. The van der Waals surface area contributed by atoms with Crippen LogP contribution in [0.4, 0.5) is 5.95 Å². The number of aromatic nitrogens is 4. The molecular formula is C12H10BrN5. The van der Waals surface area contributed by atoms with Crippen molar-refractivity contribution in [3.63, 3.8) is 0 Å². The van der Waals surface area contributed by atoms with E-state index in [-0.39, 0.29) is 5.95 Å². The summed E-state index contributed by atoms with van der Waals surface area (Å²) >= 11 is 3.33. The number of fused-ring (bicyclic) bond motifs is 1. The van der Waals surface area contributed by atoms with E-state index in [1.165, 1.54) is 0 Å². The molecule has 0 saturated heterocycles. The Morgan fingerprint density at radius 1 is 1.22 bits per heavy atom. The smallest absolute Gasteiger partial charge is 0.240 e. The van der Waals surface area contributed by atoms with E-state index in [9.17, 15) is 0 Å². The summed E-state index contributed by atoms with van der Waals surface area (Å²) in [6.45, 7) is 0.582. The molecule has 3 rings (SSSR count). The summed E-state index contributed by atoms with van der Waals surface area (Å²) in [5.41, 5.74) is 7.61. The average Bonchev–Trinajstić information content (AvgIpc) is 2.68. The molecule has 0 bridgehead atoms. The molecule has 2 heterocycles. The molecule has 90 valence electrons. The predicted molar refractivity (Wildman–Crippen MR) is 73.0 cm³/mol. The molecule has 18 heavy (non-hydrogen) atoms. The summed E-state index contributed by atoms with van der Waals surface area (Å²) in [4.78, 5) is 8.42. The van der Waals surface area contributed by atoms with Crippen molar-refractivity contribution in [3.8, 4) is 0 Å². The van der Waals surface area contributed by atoms with Gasteiger partial charge in [-0.2, -0.15) is 4.98 Å². The lowest BCUT2D eigenvalue weighted by molar-refractivity contribution is 0.672. The van der Waals surface area contributed by atoms with Crippen molar-refractivity contribution in [2.75, 3.05) is 5.73 Å². The maximum atomic E-state index is 5.56. The van der Waals surface area contributed by atoms with E-state index in [2.05, 4.69) is 31.0 Å². The van der Waals surface area contributed by atoms with Crippen LogP contribution in [0, 0.1) is 0 Å². The third-order valence-corrected chi connectivity index (χ3v) is 3.27. The van der Waals surface area contributed by atoms with E-state index in [4.69, 9.17) is 5.73 Å². The number of nitrogen functional groups attached to an aromatic ring is 1. The molecule has 0 saturated carbocycles. The van der Waals surface area contributed by atoms with Crippen LogP contribution in [0.2, 0.25) is 0 Å². The highest BCUT2D eigenvalue weighted by Gasteiger charge is 2.08. The Balaban J connectivity index is 2.07. The summed E-state index contributed by atoms with van der Waals surface area (Å²) in [6.07, 6.45) is 1.79. The van der Waals surface area contributed by atoms with E-state index in [1.54, 1.807) is 10.9 Å². The van der Waals surface area contributed by atoms with Gasteiger partial charge in [0.1, 0.15) is 0 Å². The average molecular weight is 304 g/mol. The molecule has 0 atom stereocenters. The van der Waals surface area contributed by atoms with Crippen molar-refractivity contribution in [1.29, 1.82) is 0 Å². The molecule has 6 heteroatoms. The zero-order valence-corrected chi connectivity index (χ0v) is 11.0. The molecule has 2 N–H and O–H groups in total. The Morgan fingerprint density at radius 2 is 2.06 bits per heavy atom. The van der Waals surface area contributed by atoms with Gasteiger partial charge in [0, 0.05) is 11.6 Å². The summed E-state index contributed by atoms with van der Waals surface area (Å²) < 4.78 is 2.33. The van der Waals surface area contributed by atoms with Crippen molar-refractivity contribution in [2.24, 2.45) is 0 Å². The van der Waals surface area contributed by atoms with Gasteiger partial charge < -0.3 is 5.73 Å². The number of para-hydroxylation sites is 1. The number of rotatable bonds is 2. The first-order chi connectivity index (χ1) is 8.74. The standard InChI is InChI=1S/C12H10BrN5/c13-11-16-12(14)17-18(11)7-9-4-1-3-8-5-2-6-15-10(8)9/h1-6H,7H2,(H2,14,17). The lowest BCUT2D eigenvalue weighted by Gasteiger charge is -2.05. The fourth-order valence-electron chi connectivity index (χ4n) is 1.90. The number of hydrogen-bond donors (Lipinski definition) is 1. The quantitative estimate of drug-likeness (QED) is 0.788. The largest absolute Gasteiger partial charge is 0.366 e. The van der Waals surface area contributed by atoms with Gasteiger partial charge in [0.05, 0.1) is 12.1 Å². The molecule has 0 unspecified atom stereocenters. The van der Waals surface area contributed by atoms with Crippen LogP contribution in [0.5, 0.6) is 0 Å². The van der Waals surface area contributed by atoms with Gasteiger partial charge in [-0.3, -0.25) is 4.98 Å². The Morgan fingerprint density at radius 3 is 2.83 bits per heavy atom. The normalized spacial score (nSPS) is 10.9. The molecule has 0 fully saturated rings. The molecule has 0 aliphatic carbocycles. The van der Waals surface area contributed by atoms with Crippen molar-refractivity contribution >= 4 is 32.8 Å². The van der Waals surface area contributed by atoms with Gasteiger partial charge >= 0.3 is 0 Å². The van der Waals surface area contributed by atoms with E-state index < -0.39 is 0 Å². The predicted octanol–water partition coefficient (Wildman–Crippen LogP) is 2.22. The van der Waals surface area contributed by atoms with Gasteiger partial charge in [0.15, 0.2) is 4.73 Å². The van der Waals surface area contributed by atoms with E-state index in [0.717, 1.165) is 16.5 Å². The minimum Gasteiger partial charge on any atom is -0.366 e. The first-order valence-corrected chi connectivity index (χ1v) is 6.22. The Labute approximate surface area is 112 Å². The molecule has 5 nitrogen and oxygen atoms in total. The summed E-state index contributed by atoms with van der Waals surface area (Å²) in [7, 11) is 0. The SMILES string of the molecule is Nc1nc(Br)n(Cc2cccc3cccnc23)n1. The van der Waals surface area contributed by atoms with Gasteiger partial charge in [0.25, 0.3) is 0 Å². The summed E-state index contributed by atoms with van der Waals surface area (Å²) in [6, 6.07) is 10.0. The minimum atomic E-state index is 0.259. The molecule has 0 aliphatic heterocycles. The van der Waals surface area contributed by atoms with Crippen LogP contribution in [-0.2, 0) is 6.54 Å². The van der Waals surface area contributed by atoms with Crippen LogP contribution in [0.1, 0.15) is 5.56 Å². The number of pyridine rings is 1. The maximum absolute atomic E-state index is 5.56. The highest BCUT2D eigenvalue weighted by Crippen LogP contribution is 2.18. The number of anilines is 1. The second-order valence-corrected chi connectivity index (χ2v) is 4.60. The monoisotopic (exact) mass is 303 g/mol. The van der Waals surface area contributed by atoms with Crippen molar-refractivity contribution < 1.29 is 0 Å². The lowest BCUT2D eigenvalue weighted by Crippen LogP contribution is -2.03. The van der Waals surface area contributed by atoms with E-state index in [0.29, 0.717) is 11.3 Å². The molecular weight excluding hydrogens is 294 g/mol. The molecule has 0 radical (unpaired) electrons. The Hall–Kier alpha value is -1.95. The first-order valence-electron chi connectivity index (χ1n) is 5.42. The lowest BCUT2D eigenvalue weighted by atomic mass is 10.1. The number of benzene rings is 1. The summed E-state index contributed by atoms with van der Waals surface area (Å²) in [5.74, 6) is 0.259. The van der Waals surface area contributed by atoms with Crippen LogP contribution in [0.15, 0.2) is 41.3 Å². The topological polar surface area (TPSA) is 69.6 Å². The van der Waals surface area contributed by atoms with Crippen molar-refractivity contribution in [3.05, 3.63) is 46.8 Å². The molecule has 0 aliphatic rings. The van der Waals surface area contributed by atoms with E-state index in [1.807, 2.05) is 30.3 Å². The van der Waals surface area contributed by atoms with Gasteiger partial charge in [-0.15, -0.1) is 5.10 Å². The second-order valence-electron chi connectivity index (χ2n) is 3.89. The first kappa shape index (κ1) is 11.2. The van der Waals surface area contributed by atoms with Gasteiger partial charge in [-0.25, -0.2) is 4.68 Å². The Kier molecular flexibility index (Phi) is 2.71. The molecule has 1 aromatic carbocycles. The molecule has 3 aromatic rings. The fraction of sp³-hybridized carbons (Fsp3) is 0.0833. The highest BCUT2D eigenvalue weighted by atomic mass is 79.9. The summed E-state index contributed by atoms with van der Waals surface area (Å²) in [5, 5.41) is 5.23. The Bertz CT molecular complexity index is 701. The van der Waals surface area contributed by atoms with Crippen molar-refractivity contribution in [2.45, 2.75) is 6.54 Å². The van der Waals surface area contributed by atoms with Gasteiger partial charge in [-0.05, 0) is 27.6 Å². The minimum absolute atomic E-state index is 0.259. The van der Waals surface area contributed by atoms with E-state index >= 15 is 0 Å². The van der Waals surface area contributed by atoms with Crippen LogP contribution in [0.25, 0.3) is 10.9 Å². The number of nitrogens with two attached hydrogens (primary N) is 1. The number of nitrogens with zero attached hydrogens (tertiary/aromatic N) is 4. The highest BCUT2D eigenvalue weighted by molar-refractivity contribution is 9.10. The molecule has 0 amide bonds. The zero-order valence-electron chi connectivity index (χ0n) is 9.42. The molecule has 0 spiro atoms. The van der Waals surface area contributed by atoms with Crippen LogP contribution < -0.4 is 5.73 Å². The number of halogens is 1. The third kappa shape index (κ3) is 1.95. The van der Waals surface area contributed by atoms with Crippen LogP contribution >= 0.6 is 15.9 Å². The van der Waals surface area contributed by atoms with Crippen molar-refractivity contribution in [1.82, 2.24) is 19.7 Å². The van der Waals surface area contributed by atoms with Crippen LogP contribution in [-0.4, -0.2) is 19.7 Å². The maximum Gasteiger partial charge on any atom is 0.240 e. The molecule has 2 aromatic heterocycles. The van der Waals surface area contributed by atoms with Gasteiger partial charge in [-0.1, -0.05) is 24.3 Å². The van der Waals surface area contributed by atoms with Gasteiger partial charge in [0.2, 0.25) is 5.95 Å². The van der Waals surface area contributed by atoms with Crippen LogP contribution in [0.3, 0.4) is 0 Å². The zero-order chi connectivity index (χ0) is 12.5.